The van der Waals surface area contributed by atoms with Gasteiger partial charge in [-0.05, 0) is 13.0 Å². The Bertz CT molecular complexity index is 380. The lowest BCUT2D eigenvalue weighted by molar-refractivity contribution is 0.0702. The molecule has 0 saturated heterocycles. The Morgan fingerprint density at radius 1 is 1.50 bits per heavy atom. The van der Waals surface area contributed by atoms with E-state index in [-0.39, 0.29) is 6.04 Å². The van der Waals surface area contributed by atoms with Crippen molar-refractivity contribution >= 4 is 23.0 Å². The van der Waals surface area contributed by atoms with Crippen LogP contribution in [0.2, 0.25) is 0 Å². The van der Waals surface area contributed by atoms with Crippen LogP contribution in [-0.2, 0) is 9.47 Å². The molecule has 0 saturated carbocycles. The lowest BCUT2D eigenvalue weighted by atomic mass is 10.2. The Morgan fingerprint density at radius 2 is 2.22 bits per heavy atom. The van der Waals surface area contributed by atoms with E-state index in [1.807, 2.05) is 12.3 Å². The smallest absolute Gasteiger partial charge is 0.345 e. The number of nitrogens with zero attached hydrogens (tertiary/aromatic N) is 1. The molecular formula is C12H19NO4S. The predicted molar refractivity (Wildman–Crippen MR) is 71.8 cm³/mol. The van der Waals surface area contributed by atoms with Gasteiger partial charge in [-0.3, -0.25) is 0 Å². The molecule has 5 nitrogen and oxygen atoms in total. The maximum absolute atomic E-state index is 10.9. The largest absolute Gasteiger partial charge is 0.477 e. The third-order valence-electron chi connectivity index (χ3n) is 2.60. The number of methoxy groups -OCH3 is 2. The molecule has 0 amide bonds. The van der Waals surface area contributed by atoms with Crippen LogP contribution in [0.1, 0.15) is 16.6 Å². The number of hydrogen-bond donors (Lipinski definition) is 1. The number of carbonyl (C=O) groups is 1. The average Bonchev–Trinajstić information content (AvgIpc) is 2.79. The Kier molecular flexibility index (Phi) is 6.11. The van der Waals surface area contributed by atoms with Crippen molar-refractivity contribution in [1.82, 2.24) is 0 Å². The minimum absolute atomic E-state index is 0.168. The van der Waals surface area contributed by atoms with Gasteiger partial charge < -0.3 is 19.5 Å². The van der Waals surface area contributed by atoms with E-state index in [4.69, 9.17) is 14.6 Å². The maximum Gasteiger partial charge on any atom is 0.345 e. The van der Waals surface area contributed by atoms with Crippen LogP contribution in [0.3, 0.4) is 0 Å². The van der Waals surface area contributed by atoms with Crippen LogP contribution in [0.4, 0.5) is 5.69 Å². The van der Waals surface area contributed by atoms with Crippen LogP contribution in [0.5, 0.6) is 0 Å². The van der Waals surface area contributed by atoms with Crippen molar-refractivity contribution < 1.29 is 19.4 Å². The maximum atomic E-state index is 10.9. The van der Waals surface area contributed by atoms with Crippen molar-refractivity contribution in [2.75, 3.05) is 38.9 Å². The van der Waals surface area contributed by atoms with Gasteiger partial charge in [-0.2, -0.15) is 0 Å². The molecule has 0 bridgehead atoms. The second-order valence-electron chi connectivity index (χ2n) is 3.96. The number of hydrogen-bond acceptors (Lipinski definition) is 5. The zero-order chi connectivity index (χ0) is 13.5. The summed E-state index contributed by atoms with van der Waals surface area (Å²) in [7, 11) is 3.30. The van der Waals surface area contributed by atoms with Crippen molar-refractivity contribution in [3.63, 3.8) is 0 Å². The first kappa shape index (κ1) is 14.9. The fraction of sp³-hybridized carbons (Fsp3) is 0.583. The van der Waals surface area contributed by atoms with Gasteiger partial charge in [-0.25, -0.2) is 4.79 Å². The van der Waals surface area contributed by atoms with Crippen molar-refractivity contribution in [2.24, 2.45) is 0 Å². The van der Waals surface area contributed by atoms with E-state index in [1.54, 1.807) is 20.3 Å². The second-order valence-corrected chi connectivity index (χ2v) is 4.88. The fourth-order valence-corrected chi connectivity index (χ4v) is 2.45. The summed E-state index contributed by atoms with van der Waals surface area (Å²) in [6, 6.07) is 1.86. The monoisotopic (exact) mass is 273 g/mol. The third kappa shape index (κ3) is 3.97. The molecule has 1 aromatic heterocycles. The summed E-state index contributed by atoms with van der Waals surface area (Å²) in [4.78, 5) is 13.3. The predicted octanol–water partition coefficient (Wildman–Crippen LogP) is 1.93. The molecule has 0 aliphatic carbocycles. The first-order valence-corrected chi connectivity index (χ1v) is 6.54. The highest BCUT2D eigenvalue weighted by atomic mass is 32.1. The second kappa shape index (κ2) is 7.35. The molecule has 0 spiro atoms. The highest BCUT2D eigenvalue weighted by Gasteiger charge is 2.17. The Labute approximate surface area is 111 Å². The van der Waals surface area contributed by atoms with Crippen LogP contribution in [0, 0.1) is 0 Å². The average molecular weight is 273 g/mol. The van der Waals surface area contributed by atoms with Crippen molar-refractivity contribution in [1.29, 1.82) is 0 Å². The minimum Gasteiger partial charge on any atom is -0.477 e. The van der Waals surface area contributed by atoms with Gasteiger partial charge in [-0.15, -0.1) is 11.3 Å². The number of ether oxygens (including phenoxy) is 2. The van der Waals surface area contributed by atoms with Gasteiger partial charge in [0.15, 0.2) is 0 Å². The molecular weight excluding hydrogens is 254 g/mol. The fourth-order valence-electron chi connectivity index (χ4n) is 1.71. The number of carboxylic acid groups (broad SMARTS) is 1. The van der Waals surface area contributed by atoms with Gasteiger partial charge in [0.05, 0.1) is 13.2 Å². The summed E-state index contributed by atoms with van der Waals surface area (Å²) in [5.41, 5.74) is 0.902. The van der Waals surface area contributed by atoms with Crippen molar-refractivity contribution in [3.05, 3.63) is 16.3 Å². The SMILES string of the molecule is COCCN(c1csc(C(=O)O)c1)C(C)COC. The Balaban J connectivity index is 2.82. The molecule has 0 radical (unpaired) electrons. The molecule has 1 N–H and O–H groups in total. The topological polar surface area (TPSA) is 59.0 Å². The van der Waals surface area contributed by atoms with Gasteiger partial charge in [-0.1, -0.05) is 0 Å². The summed E-state index contributed by atoms with van der Waals surface area (Å²) in [6.45, 7) is 3.92. The third-order valence-corrected chi connectivity index (χ3v) is 3.51. The minimum atomic E-state index is -0.891. The highest BCUT2D eigenvalue weighted by Crippen LogP contribution is 2.25. The Morgan fingerprint density at radius 3 is 2.72 bits per heavy atom. The number of aromatic carboxylic acids is 1. The lowest BCUT2D eigenvalue weighted by Crippen LogP contribution is -2.38. The zero-order valence-corrected chi connectivity index (χ0v) is 11.7. The molecule has 0 aliphatic heterocycles. The molecule has 0 fully saturated rings. The van der Waals surface area contributed by atoms with Crippen LogP contribution in [0.25, 0.3) is 0 Å². The van der Waals surface area contributed by atoms with E-state index in [0.717, 1.165) is 5.69 Å². The van der Waals surface area contributed by atoms with E-state index in [9.17, 15) is 4.79 Å². The number of thiophene rings is 1. The first-order chi connectivity index (χ1) is 8.60. The van der Waals surface area contributed by atoms with Gasteiger partial charge in [0.25, 0.3) is 0 Å². The van der Waals surface area contributed by atoms with Crippen molar-refractivity contribution in [2.45, 2.75) is 13.0 Å². The molecule has 1 heterocycles. The normalized spacial score (nSPS) is 12.4. The molecule has 1 unspecified atom stereocenters. The quantitative estimate of drug-likeness (QED) is 0.784. The van der Waals surface area contributed by atoms with E-state index in [0.29, 0.717) is 24.6 Å². The zero-order valence-electron chi connectivity index (χ0n) is 10.9. The molecule has 0 aliphatic rings. The van der Waals surface area contributed by atoms with Gasteiger partial charge in [0, 0.05) is 37.9 Å². The van der Waals surface area contributed by atoms with E-state index in [2.05, 4.69) is 4.90 Å². The van der Waals surface area contributed by atoms with Crippen LogP contribution in [0.15, 0.2) is 11.4 Å². The number of carboxylic acids is 1. The van der Waals surface area contributed by atoms with Gasteiger partial charge >= 0.3 is 5.97 Å². The molecule has 18 heavy (non-hydrogen) atoms. The summed E-state index contributed by atoms with van der Waals surface area (Å²) >= 11 is 1.23. The van der Waals surface area contributed by atoms with E-state index in [1.165, 1.54) is 11.3 Å². The summed E-state index contributed by atoms with van der Waals surface area (Å²) in [6.07, 6.45) is 0. The molecule has 1 aromatic rings. The van der Waals surface area contributed by atoms with Crippen LogP contribution < -0.4 is 4.90 Å². The van der Waals surface area contributed by atoms with Gasteiger partial charge in [0.2, 0.25) is 0 Å². The molecule has 102 valence electrons. The molecule has 1 atom stereocenters. The van der Waals surface area contributed by atoms with E-state index < -0.39 is 5.97 Å². The standard InChI is InChI=1S/C12H19NO4S/c1-9(7-17-3)13(4-5-16-2)10-6-11(12(14)15)18-8-10/h6,8-9H,4-5,7H2,1-3H3,(H,14,15). The molecule has 0 aromatic carbocycles. The molecule has 1 rings (SSSR count). The van der Waals surface area contributed by atoms with Crippen LogP contribution in [-0.4, -0.2) is 51.1 Å². The highest BCUT2D eigenvalue weighted by molar-refractivity contribution is 7.12. The summed E-state index contributed by atoms with van der Waals surface area (Å²) in [5.74, 6) is -0.891. The van der Waals surface area contributed by atoms with Crippen molar-refractivity contribution in [3.8, 4) is 0 Å². The summed E-state index contributed by atoms with van der Waals surface area (Å²) in [5, 5.41) is 10.8. The lowest BCUT2D eigenvalue weighted by Gasteiger charge is -2.29. The van der Waals surface area contributed by atoms with Gasteiger partial charge in [0.1, 0.15) is 4.88 Å². The summed E-state index contributed by atoms with van der Waals surface area (Å²) < 4.78 is 10.2. The molecule has 6 heteroatoms. The number of rotatable bonds is 8. The van der Waals surface area contributed by atoms with E-state index >= 15 is 0 Å². The first-order valence-electron chi connectivity index (χ1n) is 5.66. The van der Waals surface area contributed by atoms with Crippen LogP contribution >= 0.6 is 11.3 Å². The Hall–Kier alpha value is -1.11. The number of anilines is 1.